The molecule has 0 aromatic heterocycles. The summed E-state index contributed by atoms with van der Waals surface area (Å²) in [4.78, 5) is 0. The molecule has 47 valence electrons. The molecule has 0 aliphatic rings. The van der Waals surface area contributed by atoms with E-state index in [1.54, 1.807) is 0 Å². The molecule has 0 rings (SSSR count). The average Bonchev–Trinajstić information content (AvgIpc) is 0.722. The molecular weight excluding hydrogens is 133 g/mol. The van der Waals surface area contributed by atoms with Gasteiger partial charge in [-0.25, -0.2) is 0 Å². The van der Waals surface area contributed by atoms with Crippen LogP contribution in [0.15, 0.2) is 0 Å². The SMILES string of the molecule is C[N+](C)(C)C.[Mn].[OH-]. The summed E-state index contributed by atoms with van der Waals surface area (Å²) in [5.41, 5.74) is 0. The maximum atomic E-state index is 2.12. The molecule has 1 N–H and O–H groups in total. The van der Waals surface area contributed by atoms with E-state index >= 15 is 0 Å². The molecule has 0 unspecified atom stereocenters. The third-order valence-corrected chi connectivity index (χ3v) is 0. The van der Waals surface area contributed by atoms with E-state index in [-0.39, 0.29) is 22.5 Å². The van der Waals surface area contributed by atoms with Crippen molar-refractivity contribution in [2.75, 3.05) is 28.2 Å². The molecule has 1 radical (unpaired) electrons. The van der Waals surface area contributed by atoms with Gasteiger partial charge in [0.15, 0.2) is 0 Å². The molecule has 0 saturated carbocycles. The van der Waals surface area contributed by atoms with Crippen molar-refractivity contribution in [2.45, 2.75) is 0 Å². The molecule has 7 heavy (non-hydrogen) atoms. The minimum Gasteiger partial charge on any atom is -0.870 e. The van der Waals surface area contributed by atoms with Gasteiger partial charge in [-0.2, -0.15) is 0 Å². The van der Waals surface area contributed by atoms with Gasteiger partial charge in [-0.1, -0.05) is 0 Å². The van der Waals surface area contributed by atoms with Crippen LogP contribution in [0.3, 0.4) is 0 Å². The van der Waals surface area contributed by atoms with Crippen LogP contribution in [0.2, 0.25) is 0 Å². The second kappa shape index (κ2) is 4.59. The van der Waals surface area contributed by atoms with E-state index in [0.29, 0.717) is 0 Å². The largest absolute Gasteiger partial charge is 0.870 e. The van der Waals surface area contributed by atoms with Gasteiger partial charge in [0.05, 0.1) is 28.2 Å². The van der Waals surface area contributed by atoms with E-state index in [9.17, 15) is 0 Å². The summed E-state index contributed by atoms with van der Waals surface area (Å²) in [6, 6.07) is 0. The summed E-state index contributed by atoms with van der Waals surface area (Å²) in [6.45, 7) is 0. The predicted octanol–water partition coefficient (Wildman–Crippen LogP) is 0.143. The Morgan fingerprint density at radius 1 is 0.857 bits per heavy atom. The van der Waals surface area contributed by atoms with Crippen molar-refractivity contribution in [1.29, 1.82) is 0 Å². The molecule has 0 bridgehead atoms. The van der Waals surface area contributed by atoms with E-state index in [1.165, 1.54) is 0 Å². The third-order valence-electron chi connectivity index (χ3n) is 0. The van der Waals surface area contributed by atoms with Crippen molar-refractivity contribution in [3.8, 4) is 0 Å². The Labute approximate surface area is 55.9 Å². The molecule has 0 amide bonds. The second-order valence-electron chi connectivity index (χ2n) is 2.68. The minimum atomic E-state index is 0. The Morgan fingerprint density at radius 3 is 0.857 bits per heavy atom. The summed E-state index contributed by atoms with van der Waals surface area (Å²) in [5, 5.41) is 0. The molecule has 0 aliphatic heterocycles. The molecule has 0 aliphatic carbocycles. The monoisotopic (exact) mass is 146 g/mol. The van der Waals surface area contributed by atoms with Crippen LogP contribution in [0.1, 0.15) is 0 Å². The molecule has 0 aromatic rings. The molecule has 3 heteroatoms. The van der Waals surface area contributed by atoms with Crippen LogP contribution in [0.5, 0.6) is 0 Å². The van der Waals surface area contributed by atoms with E-state index in [1.807, 2.05) is 0 Å². The molecular formula is C4H13MnNO. The Hall–Kier alpha value is 0.439. The maximum absolute atomic E-state index is 2.12. The van der Waals surface area contributed by atoms with Gasteiger partial charge in [-0.3, -0.25) is 0 Å². The fourth-order valence-corrected chi connectivity index (χ4v) is 0. The molecule has 0 atom stereocenters. The first kappa shape index (κ1) is 15.7. The van der Waals surface area contributed by atoms with E-state index < -0.39 is 0 Å². The van der Waals surface area contributed by atoms with E-state index in [4.69, 9.17) is 0 Å². The zero-order valence-electron chi connectivity index (χ0n) is 5.27. The summed E-state index contributed by atoms with van der Waals surface area (Å²) in [6.07, 6.45) is 0. The summed E-state index contributed by atoms with van der Waals surface area (Å²) in [5.74, 6) is 0. The van der Waals surface area contributed by atoms with E-state index in [0.717, 1.165) is 4.48 Å². The summed E-state index contributed by atoms with van der Waals surface area (Å²) >= 11 is 0. The number of quaternary nitrogens is 1. The number of rotatable bonds is 0. The van der Waals surface area contributed by atoms with Gasteiger partial charge in [-0.15, -0.1) is 0 Å². The van der Waals surface area contributed by atoms with Gasteiger partial charge >= 0.3 is 0 Å². The van der Waals surface area contributed by atoms with Crippen molar-refractivity contribution in [3.63, 3.8) is 0 Å². The quantitative estimate of drug-likeness (QED) is 0.353. The normalized spacial score (nSPS) is 8.57. The van der Waals surface area contributed by atoms with Crippen LogP contribution in [0, 0.1) is 0 Å². The molecule has 0 aromatic carbocycles. The molecule has 0 fully saturated rings. The van der Waals surface area contributed by atoms with Gasteiger partial charge in [0.1, 0.15) is 0 Å². The van der Waals surface area contributed by atoms with Gasteiger partial charge in [0.25, 0.3) is 0 Å². The van der Waals surface area contributed by atoms with Crippen molar-refractivity contribution < 1.29 is 27.0 Å². The first-order valence-electron chi connectivity index (χ1n) is 1.79. The maximum Gasteiger partial charge on any atom is 0.0675 e. The van der Waals surface area contributed by atoms with Gasteiger partial charge in [-0.05, 0) is 0 Å². The van der Waals surface area contributed by atoms with Crippen molar-refractivity contribution in [3.05, 3.63) is 0 Å². The number of hydrogen-bond donors (Lipinski definition) is 0. The van der Waals surface area contributed by atoms with Crippen molar-refractivity contribution in [2.24, 2.45) is 0 Å². The standard InChI is InChI=1S/C4H12N.Mn.H2O/c1-5(2,3)4;;/h1-4H3;;1H2/q+1;;/p-1. The second-order valence-corrected chi connectivity index (χ2v) is 2.68. The van der Waals surface area contributed by atoms with Gasteiger partial charge in [0.2, 0.25) is 0 Å². The van der Waals surface area contributed by atoms with Crippen molar-refractivity contribution >= 4 is 0 Å². The van der Waals surface area contributed by atoms with Crippen LogP contribution >= 0.6 is 0 Å². The zero-order valence-corrected chi connectivity index (χ0v) is 6.45. The van der Waals surface area contributed by atoms with Gasteiger partial charge in [0, 0.05) is 17.1 Å². The Kier molecular flexibility index (Phi) is 10.3. The Morgan fingerprint density at radius 2 is 0.857 bits per heavy atom. The zero-order chi connectivity index (χ0) is 4.50. The van der Waals surface area contributed by atoms with Crippen LogP contribution < -0.4 is 0 Å². The van der Waals surface area contributed by atoms with Gasteiger partial charge < -0.3 is 9.96 Å². The Balaban J connectivity index is -0.0000000800. The molecule has 0 saturated heterocycles. The first-order chi connectivity index (χ1) is 2.00. The van der Waals surface area contributed by atoms with Crippen LogP contribution in [0.4, 0.5) is 0 Å². The summed E-state index contributed by atoms with van der Waals surface area (Å²) < 4.78 is 1.00. The van der Waals surface area contributed by atoms with E-state index in [2.05, 4.69) is 28.2 Å². The molecule has 0 spiro atoms. The summed E-state index contributed by atoms with van der Waals surface area (Å²) in [7, 11) is 8.50. The van der Waals surface area contributed by atoms with Crippen LogP contribution in [-0.4, -0.2) is 38.1 Å². The Bertz CT molecular complexity index is 27.2. The molecule has 0 heterocycles. The molecule has 2 nitrogen and oxygen atoms in total. The predicted molar refractivity (Wildman–Crippen MR) is 25.9 cm³/mol. The minimum absolute atomic E-state index is 0. The topological polar surface area (TPSA) is 30.0 Å². The first-order valence-corrected chi connectivity index (χ1v) is 1.79. The number of nitrogens with zero attached hydrogens (tertiary/aromatic N) is 1. The fraction of sp³-hybridized carbons (Fsp3) is 1.00. The number of hydrogen-bond acceptors (Lipinski definition) is 1. The third kappa shape index (κ3) is 657. The van der Waals surface area contributed by atoms with Crippen LogP contribution in [0.25, 0.3) is 0 Å². The smallest absolute Gasteiger partial charge is 0.0675 e. The fourth-order valence-electron chi connectivity index (χ4n) is 0. The average molecular weight is 146 g/mol. The van der Waals surface area contributed by atoms with Crippen LogP contribution in [-0.2, 0) is 17.1 Å². The van der Waals surface area contributed by atoms with Crippen molar-refractivity contribution in [1.82, 2.24) is 0 Å².